The second-order valence-electron chi connectivity index (χ2n) is 4.63. The highest BCUT2D eigenvalue weighted by atomic mass is 35.5. The van der Waals surface area contributed by atoms with Gasteiger partial charge in [0.25, 0.3) is 0 Å². The van der Waals surface area contributed by atoms with Gasteiger partial charge in [-0.3, -0.25) is 0 Å². The Hall–Kier alpha value is -1.69. The predicted octanol–water partition coefficient (Wildman–Crippen LogP) is 4.82. The molecular formula is C17H18Cl2N2O2S. The molecule has 0 amide bonds. The summed E-state index contributed by atoms with van der Waals surface area (Å²) < 4.78 is 4.93. The summed E-state index contributed by atoms with van der Waals surface area (Å²) in [5.74, 6) is 0.376. The molecular weight excluding hydrogens is 367 g/mol. The Kier molecular flexibility index (Phi) is 8.68. The summed E-state index contributed by atoms with van der Waals surface area (Å²) >= 11 is 7.29. The number of thioether (sulfide) groups is 1. The van der Waals surface area contributed by atoms with Gasteiger partial charge in [-0.25, -0.2) is 9.79 Å². The second-order valence-corrected chi connectivity index (χ2v) is 6.06. The van der Waals surface area contributed by atoms with Gasteiger partial charge in [0.15, 0.2) is 5.17 Å². The lowest BCUT2D eigenvalue weighted by Gasteiger charge is -2.03. The third-order valence-electron chi connectivity index (χ3n) is 2.92. The topological polar surface area (TPSA) is 64.7 Å². The number of nitrogens with two attached hydrogens (primary N) is 1. The van der Waals surface area contributed by atoms with Crippen molar-refractivity contribution < 1.29 is 9.53 Å². The van der Waals surface area contributed by atoms with Gasteiger partial charge in [-0.05, 0) is 48.9 Å². The quantitative estimate of drug-likeness (QED) is 0.455. The van der Waals surface area contributed by atoms with Crippen LogP contribution in [0.5, 0.6) is 0 Å². The molecule has 7 heteroatoms. The summed E-state index contributed by atoms with van der Waals surface area (Å²) in [5, 5.41) is 1.17. The Morgan fingerprint density at radius 2 is 1.79 bits per heavy atom. The van der Waals surface area contributed by atoms with Crippen LogP contribution in [0.4, 0.5) is 5.69 Å². The van der Waals surface area contributed by atoms with E-state index in [9.17, 15) is 4.79 Å². The second kappa shape index (κ2) is 10.2. The number of carbonyl (C=O) groups excluding carboxylic acids is 1. The van der Waals surface area contributed by atoms with Crippen molar-refractivity contribution in [2.45, 2.75) is 12.7 Å². The van der Waals surface area contributed by atoms with Crippen LogP contribution in [0.25, 0.3) is 0 Å². The van der Waals surface area contributed by atoms with Crippen LogP contribution in [-0.4, -0.2) is 17.7 Å². The number of aliphatic imine (C=N–C) groups is 1. The van der Waals surface area contributed by atoms with Gasteiger partial charge in [0.05, 0.1) is 17.9 Å². The average molecular weight is 385 g/mol. The van der Waals surface area contributed by atoms with Crippen molar-refractivity contribution >= 4 is 52.6 Å². The average Bonchev–Trinajstić information content (AvgIpc) is 2.55. The molecule has 0 atom stereocenters. The molecule has 0 spiro atoms. The SMILES string of the molecule is CCOC(=O)c1ccc(N=C(N)SCc2ccc(Cl)cc2)cc1.Cl. The van der Waals surface area contributed by atoms with Crippen LogP contribution in [0.1, 0.15) is 22.8 Å². The largest absolute Gasteiger partial charge is 0.462 e. The molecule has 0 saturated carbocycles. The van der Waals surface area contributed by atoms with E-state index in [-0.39, 0.29) is 18.4 Å². The van der Waals surface area contributed by atoms with E-state index in [0.29, 0.717) is 33.8 Å². The number of esters is 1. The standard InChI is InChI=1S/C17H17ClN2O2S.ClH/c1-2-22-16(21)13-5-9-15(10-6-13)20-17(19)23-11-12-3-7-14(18)8-4-12;/h3-10H,2,11H2,1H3,(H2,19,20);1H. The van der Waals surface area contributed by atoms with Crippen molar-refractivity contribution in [3.8, 4) is 0 Å². The number of carbonyl (C=O) groups is 1. The lowest BCUT2D eigenvalue weighted by molar-refractivity contribution is 0.0526. The molecule has 2 aromatic carbocycles. The molecule has 0 heterocycles. The molecule has 0 bridgehead atoms. The first kappa shape index (κ1) is 20.4. The first-order chi connectivity index (χ1) is 11.1. The fraction of sp³-hybridized carbons (Fsp3) is 0.176. The van der Waals surface area contributed by atoms with E-state index >= 15 is 0 Å². The fourth-order valence-electron chi connectivity index (χ4n) is 1.78. The van der Waals surface area contributed by atoms with Crippen molar-refractivity contribution in [1.82, 2.24) is 0 Å². The lowest BCUT2D eigenvalue weighted by atomic mass is 10.2. The minimum Gasteiger partial charge on any atom is -0.462 e. The Bertz CT molecular complexity index is 689. The van der Waals surface area contributed by atoms with Crippen molar-refractivity contribution in [2.75, 3.05) is 6.61 Å². The van der Waals surface area contributed by atoms with E-state index in [2.05, 4.69) is 4.99 Å². The number of amidine groups is 1. The Labute approximate surface area is 156 Å². The van der Waals surface area contributed by atoms with Gasteiger partial charge in [0.2, 0.25) is 0 Å². The zero-order chi connectivity index (χ0) is 16.7. The van der Waals surface area contributed by atoms with Crippen molar-refractivity contribution in [2.24, 2.45) is 10.7 Å². The summed E-state index contributed by atoms with van der Waals surface area (Å²) in [6.07, 6.45) is 0. The molecule has 128 valence electrons. The maximum absolute atomic E-state index is 11.6. The minimum absolute atomic E-state index is 0. The van der Waals surface area contributed by atoms with Crippen LogP contribution in [0.3, 0.4) is 0 Å². The molecule has 0 aliphatic carbocycles. The summed E-state index contributed by atoms with van der Waals surface area (Å²) in [7, 11) is 0. The molecule has 2 N–H and O–H groups in total. The van der Waals surface area contributed by atoms with Crippen molar-refractivity contribution in [3.63, 3.8) is 0 Å². The summed E-state index contributed by atoms with van der Waals surface area (Å²) in [6, 6.07) is 14.4. The number of hydrogen-bond donors (Lipinski definition) is 1. The molecule has 0 aliphatic rings. The molecule has 24 heavy (non-hydrogen) atoms. The molecule has 0 unspecified atom stereocenters. The van der Waals surface area contributed by atoms with Crippen molar-refractivity contribution in [1.29, 1.82) is 0 Å². The number of benzene rings is 2. The van der Waals surface area contributed by atoms with E-state index in [1.807, 2.05) is 24.3 Å². The predicted molar refractivity (Wildman–Crippen MR) is 104 cm³/mol. The fourth-order valence-corrected chi connectivity index (χ4v) is 2.59. The van der Waals surface area contributed by atoms with Crippen LogP contribution in [-0.2, 0) is 10.5 Å². The van der Waals surface area contributed by atoms with E-state index in [1.165, 1.54) is 11.8 Å². The smallest absolute Gasteiger partial charge is 0.338 e. The highest BCUT2D eigenvalue weighted by Gasteiger charge is 2.05. The van der Waals surface area contributed by atoms with E-state index in [0.717, 1.165) is 5.56 Å². The van der Waals surface area contributed by atoms with Crippen LogP contribution >= 0.6 is 35.8 Å². The normalized spacial score (nSPS) is 10.8. The number of rotatable bonds is 5. The van der Waals surface area contributed by atoms with Crippen molar-refractivity contribution in [3.05, 3.63) is 64.7 Å². The van der Waals surface area contributed by atoms with Crippen LogP contribution in [0, 0.1) is 0 Å². The van der Waals surface area contributed by atoms with Crippen LogP contribution in [0.15, 0.2) is 53.5 Å². The number of nitrogens with zero attached hydrogens (tertiary/aromatic N) is 1. The first-order valence-corrected chi connectivity index (χ1v) is 8.43. The van der Waals surface area contributed by atoms with E-state index < -0.39 is 0 Å². The first-order valence-electron chi connectivity index (χ1n) is 7.07. The molecule has 0 radical (unpaired) electrons. The monoisotopic (exact) mass is 384 g/mol. The Morgan fingerprint density at radius 1 is 1.17 bits per heavy atom. The highest BCUT2D eigenvalue weighted by molar-refractivity contribution is 8.13. The number of ether oxygens (including phenoxy) is 1. The number of hydrogen-bond acceptors (Lipinski definition) is 4. The van der Waals surface area contributed by atoms with Gasteiger partial charge >= 0.3 is 5.97 Å². The summed E-state index contributed by atoms with van der Waals surface area (Å²) in [6.45, 7) is 2.13. The number of halogens is 2. The third-order valence-corrected chi connectivity index (χ3v) is 4.03. The molecule has 0 aromatic heterocycles. The lowest BCUT2D eigenvalue weighted by Crippen LogP contribution is -2.06. The zero-order valence-electron chi connectivity index (χ0n) is 13.1. The van der Waals surface area contributed by atoms with Gasteiger partial charge in [-0.1, -0.05) is 35.5 Å². The molecule has 2 aromatic rings. The Balaban J connectivity index is 0.00000288. The Morgan fingerprint density at radius 3 is 2.38 bits per heavy atom. The van der Waals surface area contributed by atoms with E-state index in [4.69, 9.17) is 22.1 Å². The van der Waals surface area contributed by atoms with Gasteiger partial charge in [0.1, 0.15) is 0 Å². The zero-order valence-corrected chi connectivity index (χ0v) is 15.5. The van der Waals surface area contributed by atoms with Crippen LogP contribution in [0.2, 0.25) is 5.02 Å². The van der Waals surface area contributed by atoms with Gasteiger partial charge < -0.3 is 10.5 Å². The van der Waals surface area contributed by atoms with Crippen LogP contribution < -0.4 is 5.73 Å². The van der Waals surface area contributed by atoms with Gasteiger partial charge in [-0.2, -0.15) is 0 Å². The maximum atomic E-state index is 11.6. The molecule has 0 aliphatic heterocycles. The minimum atomic E-state index is -0.340. The van der Waals surface area contributed by atoms with E-state index in [1.54, 1.807) is 31.2 Å². The maximum Gasteiger partial charge on any atom is 0.338 e. The summed E-state index contributed by atoms with van der Waals surface area (Å²) in [5.41, 5.74) is 8.24. The third kappa shape index (κ3) is 6.43. The molecule has 0 saturated heterocycles. The molecule has 4 nitrogen and oxygen atoms in total. The summed E-state index contributed by atoms with van der Waals surface area (Å²) in [4.78, 5) is 15.9. The van der Waals surface area contributed by atoms with Gasteiger partial charge in [-0.15, -0.1) is 12.4 Å². The molecule has 0 fully saturated rings. The van der Waals surface area contributed by atoms with Gasteiger partial charge in [0, 0.05) is 10.8 Å². The highest BCUT2D eigenvalue weighted by Crippen LogP contribution is 2.19. The molecule has 2 rings (SSSR count).